The van der Waals surface area contributed by atoms with Gasteiger partial charge in [-0.2, -0.15) is 0 Å². The summed E-state index contributed by atoms with van der Waals surface area (Å²) in [7, 11) is 0. The average molecular weight is 251 g/mol. The maximum absolute atomic E-state index is 9.74. The molecule has 5 nitrogen and oxygen atoms in total. The highest BCUT2D eigenvalue weighted by molar-refractivity contribution is 7.17. The van der Waals surface area contributed by atoms with E-state index >= 15 is 0 Å². The van der Waals surface area contributed by atoms with Crippen LogP contribution in [0.1, 0.15) is 0 Å². The van der Waals surface area contributed by atoms with E-state index in [-0.39, 0.29) is 0 Å². The zero-order chi connectivity index (χ0) is 11.7. The molecule has 0 spiro atoms. The van der Waals surface area contributed by atoms with Crippen LogP contribution < -0.4 is 4.90 Å². The molecule has 0 amide bonds. The van der Waals surface area contributed by atoms with Crippen LogP contribution in [0.2, 0.25) is 0 Å². The highest BCUT2D eigenvalue weighted by atomic mass is 32.1. The van der Waals surface area contributed by atoms with Crippen LogP contribution in [-0.4, -0.2) is 47.5 Å². The van der Waals surface area contributed by atoms with E-state index in [4.69, 9.17) is 4.74 Å². The molecule has 0 saturated carbocycles. The molecule has 0 aromatic carbocycles. The van der Waals surface area contributed by atoms with Crippen molar-refractivity contribution in [3.63, 3.8) is 0 Å². The molecule has 17 heavy (non-hydrogen) atoms. The third kappa shape index (κ3) is 2.11. The van der Waals surface area contributed by atoms with Gasteiger partial charge >= 0.3 is 0 Å². The Labute approximate surface area is 103 Å². The Balaban J connectivity index is 1.99. The van der Waals surface area contributed by atoms with Crippen molar-refractivity contribution >= 4 is 27.4 Å². The molecule has 2 aromatic rings. The van der Waals surface area contributed by atoms with Gasteiger partial charge in [-0.3, -0.25) is 0 Å². The lowest BCUT2D eigenvalue weighted by Crippen LogP contribution is -2.33. The number of aliphatic hydroxyl groups excluding tert-OH is 1. The van der Waals surface area contributed by atoms with Gasteiger partial charge in [-0.15, -0.1) is 11.3 Å². The normalized spacial score (nSPS) is 21.7. The van der Waals surface area contributed by atoms with Crippen LogP contribution >= 0.6 is 11.3 Å². The van der Waals surface area contributed by atoms with Gasteiger partial charge in [0, 0.05) is 13.1 Å². The molecular weight excluding hydrogens is 238 g/mol. The Morgan fingerprint density at radius 3 is 3.35 bits per heavy atom. The maximum atomic E-state index is 9.74. The van der Waals surface area contributed by atoms with Crippen LogP contribution in [0.25, 0.3) is 10.2 Å². The third-order valence-corrected chi connectivity index (χ3v) is 3.67. The number of aromatic nitrogens is 2. The molecule has 3 rings (SSSR count). The summed E-state index contributed by atoms with van der Waals surface area (Å²) in [5.41, 5.74) is 0.958. The van der Waals surface area contributed by atoms with Crippen molar-refractivity contribution in [1.82, 2.24) is 9.97 Å². The van der Waals surface area contributed by atoms with E-state index < -0.39 is 6.10 Å². The minimum absolute atomic E-state index is 0.398. The zero-order valence-corrected chi connectivity index (χ0v) is 10.1. The fourth-order valence-corrected chi connectivity index (χ4v) is 2.85. The lowest BCUT2D eigenvalue weighted by Gasteiger charge is -2.22. The largest absolute Gasteiger partial charge is 0.389 e. The molecule has 1 saturated heterocycles. The van der Waals surface area contributed by atoms with Gasteiger partial charge in [-0.25, -0.2) is 9.97 Å². The highest BCUT2D eigenvalue weighted by Crippen LogP contribution is 2.28. The maximum Gasteiger partial charge on any atom is 0.150 e. The van der Waals surface area contributed by atoms with Gasteiger partial charge in [-0.1, -0.05) is 0 Å². The van der Waals surface area contributed by atoms with Crippen LogP contribution in [0.15, 0.2) is 17.8 Å². The lowest BCUT2D eigenvalue weighted by molar-refractivity contribution is 0.0597. The van der Waals surface area contributed by atoms with Crippen LogP contribution in [-0.2, 0) is 4.74 Å². The molecule has 1 aliphatic heterocycles. The van der Waals surface area contributed by atoms with Gasteiger partial charge in [0.2, 0.25) is 0 Å². The van der Waals surface area contributed by atoms with E-state index in [0.717, 1.165) is 22.6 Å². The average Bonchev–Trinajstić information content (AvgIpc) is 2.71. The molecule has 6 heteroatoms. The summed E-state index contributed by atoms with van der Waals surface area (Å²) >= 11 is 1.63. The second-order valence-corrected chi connectivity index (χ2v) is 4.92. The summed E-state index contributed by atoms with van der Waals surface area (Å²) in [6.45, 7) is 2.33. The number of ether oxygens (including phenoxy) is 1. The first-order valence-corrected chi connectivity index (χ1v) is 6.41. The Morgan fingerprint density at radius 2 is 2.41 bits per heavy atom. The summed E-state index contributed by atoms with van der Waals surface area (Å²) in [6, 6.07) is 1.98. The molecule has 2 aromatic heterocycles. The number of aliphatic hydroxyl groups is 1. The Hall–Kier alpha value is -1.24. The van der Waals surface area contributed by atoms with Crippen LogP contribution in [0.3, 0.4) is 0 Å². The number of β-amino-alcohol motifs (C(OH)–C–C–N with tert-alkyl or cyclic N) is 1. The van der Waals surface area contributed by atoms with E-state index in [9.17, 15) is 5.11 Å². The number of rotatable bonds is 1. The summed E-state index contributed by atoms with van der Waals surface area (Å²) in [6.07, 6.45) is 1.12. The minimum atomic E-state index is -0.456. The first-order chi connectivity index (χ1) is 8.34. The summed E-state index contributed by atoms with van der Waals surface area (Å²) < 4.78 is 6.39. The van der Waals surface area contributed by atoms with Crippen LogP contribution in [0, 0.1) is 0 Å². The van der Waals surface area contributed by atoms with Gasteiger partial charge in [0.15, 0.2) is 0 Å². The van der Waals surface area contributed by atoms with E-state index in [1.165, 1.54) is 0 Å². The molecule has 0 radical (unpaired) electrons. The molecule has 0 bridgehead atoms. The second kappa shape index (κ2) is 4.56. The SMILES string of the molecule is O[C@@H]1COCCN(c2ncnc3ccsc23)C1. The van der Waals surface area contributed by atoms with Crippen molar-refractivity contribution in [3.8, 4) is 0 Å². The number of fused-ring (bicyclic) bond motifs is 1. The fourth-order valence-electron chi connectivity index (χ4n) is 1.99. The Bertz CT molecular complexity index is 516. The van der Waals surface area contributed by atoms with E-state index in [2.05, 4.69) is 14.9 Å². The third-order valence-electron chi connectivity index (χ3n) is 2.77. The summed E-state index contributed by atoms with van der Waals surface area (Å²) in [5.74, 6) is 0.898. The molecule has 3 heterocycles. The molecule has 1 N–H and O–H groups in total. The van der Waals surface area contributed by atoms with E-state index in [1.54, 1.807) is 17.7 Å². The topological polar surface area (TPSA) is 58.5 Å². The van der Waals surface area contributed by atoms with Crippen LogP contribution in [0.4, 0.5) is 5.82 Å². The number of nitrogens with zero attached hydrogens (tertiary/aromatic N) is 3. The van der Waals surface area contributed by atoms with E-state index in [1.807, 2.05) is 11.4 Å². The van der Waals surface area contributed by atoms with E-state index in [0.29, 0.717) is 19.8 Å². The van der Waals surface area contributed by atoms with Gasteiger partial charge in [0.05, 0.1) is 29.5 Å². The van der Waals surface area contributed by atoms with Crippen LogP contribution in [0.5, 0.6) is 0 Å². The van der Waals surface area contributed by atoms with Crippen molar-refractivity contribution in [3.05, 3.63) is 17.8 Å². The van der Waals surface area contributed by atoms with Gasteiger partial charge in [0.25, 0.3) is 0 Å². The molecule has 90 valence electrons. The molecular formula is C11H13N3O2S. The predicted molar refractivity (Wildman–Crippen MR) is 66.5 cm³/mol. The smallest absolute Gasteiger partial charge is 0.150 e. The number of hydrogen-bond acceptors (Lipinski definition) is 6. The van der Waals surface area contributed by atoms with Crippen molar-refractivity contribution in [2.75, 3.05) is 31.2 Å². The van der Waals surface area contributed by atoms with Crippen molar-refractivity contribution in [1.29, 1.82) is 0 Å². The quantitative estimate of drug-likeness (QED) is 0.815. The molecule has 0 aliphatic carbocycles. The zero-order valence-electron chi connectivity index (χ0n) is 9.24. The second-order valence-electron chi connectivity index (χ2n) is 4.01. The number of hydrogen-bond donors (Lipinski definition) is 1. The monoisotopic (exact) mass is 251 g/mol. The first-order valence-electron chi connectivity index (χ1n) is 5.53. The molecule has 1 fully saturated rings. The lowest BCUT2D eigenvalue weighted by atomic mass is 10.3. The minimum Gasteiger partial charge on any atom is -0.389 e. The van der Waals surface area contributed by atoms with Crippen molar-refractivity contribution < 1.29 is 9.84 Å². The Morgan fingerprint density at radius 1 is 1.47 bits per heavy atom. The van der Waals surface area contributed by atoms with Gasteiger partial charge in [-0.05, 0) is 11.4 Å². The summed E-state index contributed by atoms with van der Waals surface area (Å²) in [5, 5.41) is 11.7. The van der Waals surface area contributed by atoms with Crippen molar-refractivity contribution in [2.24, 2.45) is 0 Å². The highest BCUT2D eigenvalue weighted by Gasteiger charge is 2.19. The standard InChI is InChI=1S/C11H13N3O2S/c15-8-5-14(2-3-16-6-8)11-10-9(1-4-17-10)12-7-13-11/h1,4,7-8,15H,2-3,5-6H2/t8-/m0/s1. The first kappa shape index (κ1) is 10.9. The number of anilines is 1. The Kier molecular flexibility index (Phi) is 2.92. The molecule has 1 aliphatic rings. The van der Waals surface area contributed by atoms with Gasteiger partial charge in [0.1, 0.15) is 12.1 Å². The molecule has 1 atom stereocenters. The predicted octanol–water partition coefficient (Wildman–Crippen LogP) is 0.889. The van der Waals surface area contributed by atoms with Gasteiger partial charge < -0.3 is 14.7 Å². The number of thiophene rings is 1. The fraction of sp³-hybridized carbons (Fsp3) is 0.455. The summed E-state index contributed by atoms with van der Waals surface area (Å²) in [4.78, 5) is 10.6. The van der Waals surface area contributed by atoms with Crippen molar-refractivity contribution in [2.45, 2.75) is 6.10 Å². The molecule has 0 unspecified atom stereocenters.